The Hall–Kier alpha value is -1.95. The van der Waals surface area contributed by atoms with E-state index in [1.165, 1.54) is 6.07 Å². The van der Waals surface area contributed by atoms with E-state index in [9.17, 15) is 19.1 Å². The van der Waals surface area contributed by atoms with E-state index >= 15 is 0 Å². The molecule has 1 unspecified atom stereocenters. The van der Waals surface area contributed by atoms with Crippen LogP contribution in [-0.2, 0) is 11.2 Å². The standard InChI is InChI=1S/C17H21FN2O3/c1-10(21)11-4-6-20(7-5-11)17(23)13-8-12-2-3-16(22)19-15(12)9-14(13)18/h8-11,21H,2-7H2,1H3,(H,19,22). The van der Waals surface area contributed by atoms with Gasteiger partial charge in [-0.05, 0) is 49.8 Å². The molecule has 124 valence electrons. The van der Waals surface area contributed by atoms with Gasteiger partial charge in [0, 0.05) is 25.2 Å². The van der Waals surface area contributed by atoms with E-state index in [1.807, 2.05) is 0 Å². The maximum atomic E-state index is 14.3. The Labute approximate surface area is 134 Å². The third-order valence-corrected chi connectivity index (χ3v) is 4.83. The molecule has 2 N–H and O–H groups in total. The first kappa shape index (κ1) is 15.9. The fraction of sp³-hybridized carbons (Fsp3) is 0.529. The van der Waals surface area contributed by atoms with Crippen LogP contribution in [0.2, 0.25) is 0 Å². The Kier molecular flexibility index (Phi) is 4.35. The molecule has 1 aromatic rings. The molecule has 1 fully saturated rings. The van der Waals surface area contributed by atoms with Crippen molar-refractivity contribution < 1.29 is 19.1 Å². The van der Waals surface area contributed by atoms with Crippen molar-refractivity contribution in [2.45, 2.75) is 38.7 Å². The predicted molar refractivity (Wildman–Crippen MR) is 83.7 cm³/mol. The summed E-state index contributed by atoms with van der Waals surface area (Å²) in [7, 11) is 0. The zero-order chi connectivity index (χ0) is 16.6. The van der Waals surface area contributed by atoms with Crippen LogP contribution in [-0.4, -0.2) is 41.0 Å². The van der Waals surface area contributed by atoms with Crippen molar-refractivity contribution in [1.82, 2.24) is 4.90 Å². The Balaban J connectivity index is 1.77. The number of rotatable bonds is 2. The molecule has 0 saturated carbocycles. The van der Waals surface area contributed by atoms with Crippen LogP contribution in [0.15, 0.2) is 12.1 Å². The third-order valence-electron chi connectivity index (χ3n) is 4.83. The van der Waals surface area contributed by atoms with Gasteiger partial charge in [-0.1, -0.05) is 0 Å². The van der Waals surface area contributed by atoms with Crippen LogP contribution < -0.4 is 5.32 Å². The van der Waals surface area contributed by atoms with E-state index in [1.54, 1.807) is 17.9 Å². The molecule has 0 spiro atoms. The fourth-order valence-corrected chi connectivity index (χ4v) is 3.32. The normalized spacial score (nSPS) is 20.0. The van der Waals surface area contributed by atoms with Gasteiger partial charge >= 0.3 is 0 Å². The van der Waals surface area contributed by atoms with Crippen LogP contribution in [0.25, 0.3) is 0 Å². The summed E-state index contributed by atoms with van der Waals surface area (Å²) in [5, 5.41) is 12.3. The van der Waals surface area contributed by atoms with Gasteiger partial charge in [0.1, 0.15) is 5.82 Å². The molecule has 0 radical (unpaired) electrons. The van der Waals surface area contributed by atoms with Crippen LogP contribution in [0.3, 0.4) is 0 Å². The number of benzene rings is 1. The second-order valence-electron chi connectivity index (χ2n) is 6.41. The average Bonchev–Trinajstić information content (AvgIpc) is 2.53. The highest BCUT2D eigenvalue weighted by Gasteiger charge is 2.28. The number of aliphatic hydroxyl groups excluding tert-OH is 1. The number of likely N-dealkylation sites (tertiary alicyclic amines) is 1. The number of aryl methyl sites for hydroxylation is 1. The molecule has 0 aliphatic carbocycles. The zero-order valence-electron chi connectivity index (χ0n) is 13.1. The predicted octanol–water partition coefficient (Wildman–Crippen LogP) is 1.94. The highest BCUT2D eigenvalue weighted by Crippen LogP contribution is 2.28. The topological polar surface area (TPSA) is 69.6 Å². The lowest BCUT2D eigenvalue weighted by atomic mass is 9.91. The number of nitrogens with one attached hydrogen (secondary N) is 1. The number of hydrogen-bond acceptors (Lipinski definition) is 3. The van der Waals surface area contributed by atoms with Crippen molar-refractivity contribution in [2.24, 2.45) is 5.92 Å². The second kappa shape index (κ2) is 6.28. The fourth-order valence-electron chi connectivity index (χ4n) is 3.32. The molecule has 3 rings (SSSR count). The number of anilines is 1. The molecule has 2 aliphatic heterocycles. The van der Waals surface area contributed by atoms with Gasteiger partial charge in [0.25, 0.3) is 5.91 Å². The Morgan fingerprint density at radius 2 is 2.04 bits per heavy atom. The summed E-state index contributed by atoms with van der Waals surface area (Å²) in [4.78, 5) is 25.6. The van der Waals surface area contributed by atoms with E-state index in [-0.39, 0.29) is 29.4 Å². The second-order valence-corrected chi connectivity index (χ2v) is 6.41. The van der Waals surface area contributed by atoms with Crippen LogP contribution in [0, 0.1) is 11.7 Å². The number of carbonyl (C=O) groups is 2. The lowest BCUT2D eigenvalue weighted by molar-refractivity contribution is -0.116. The summed E-state index contributed by atoms with van der Waals surface area (Å²) in [6.45, 7) is 2.82. The third kappa shape index (κ3) is 3.22. The van der Waals surface area contributed by atoms with Gasteiger partial charge in [0.15, 0.2) is 0 Å². The minimum absolute atomic E-state index is 0.0652. The van der Waals surface area contributed by atoms with Gasteiger partial charge in [-0.3, -0.25) is 9.59 Å². The zero-order valence-corrected chi connectivity index (χ0v) is 13.1. The summed E-state index contributed by atoms with van der Waals surface area (Å²) in [5.74, 6) is -0.848. The first-order valence-corrected chi connectivity index (χ1v) is 8.05. The molecule has 2 heterocycles. The average molecular weight is 320 g/mol. The number of hydrogen-bond donors (Lipinski definition) is 2. The van der Waals surface area contributed by atoms with Crippen LogP contribution in [0.4, 0.5) is 10.1 Å². The summed E-state index contributed by atoms with van der Waals surface area (Å²) < 4.78 is 14.3. The molecule has 1 saturated heterocycles. The maximum Gasteiger partial charge on any atom is 0.256 e. The van der Waals surface area contributed by atoms with E-state index in [0.717, 1.165) is 18.4 Å². The van der Waals surface area contributed by atoms with Crippen molar-refractivity contribution in [3.05, 3.63) is 29.1 Å². The molecule has 6 heteroatoms. The first-order valence-electron chi connectivity index (χ1n) is 8.05. The first-order chi connectivity index (χ1) is 11.0. The van der Waals surface area contributed by atoms with Crippen LogP contribution in [0.1, 0.15) is 42.1 Å². The number of piperidine rings is 1. The van der Waals surface area contributed by atoms with Crippen molar-refractivity contribution in [3.8, 4) is 0 Å². The summed E-state index contributed by atoms with van der Waals surface area (Å²) in [6.07, 6.45) is 1.95. The maximum absolute atomic E-state index is 14.3. The van der Waals surface area contributed by atoms with Gasteiger partial charge in [-0.2, -0.15) is 0 Å². The Bertz CT molecular complexity index is 637. The van der Waals surface area contributed by atoms with Crippen molar-refractivity contribution >= 4 is 17.5 Å². The van der Waals surface area contributed by atoms with Crippen molar-refractivity contribution in [3.63, 3.8) is 0 Å². The monoisotopic (exact) mass is 320 g/mol. The molecule has 5 nitrogen and oxygen atoms in total. The van der Waals surface area contributed by atoms with Crippen LogP contribution in [0.5, 0.6) is 0 Å². The quantitative estimate of drug-likeness (QED) is 0.875. The highest BCUT2D eigenvalue weighted by molar-refractivity contribution is 5.98. The van der Waals surface area contributed by atoms with Crippen molar-refractivity contribution in [1.29, 1.82) is 0 Å². The number of nitrogens with zero attached hydrogens (tertiary/aromatic N) is 1. The van der Waals surface area contributed by atoms with Gasteiger partial charge in [0.2, 0.25) is 5.91 Å². The molecule has 1 atom stereocenters. The summed E-state index contributed by atoms with van der Waals surface area (Å²) >= 11 is 0. The molecule has 0 bridgehead atoms. The number of carbonyl (C=O) groups excluding carboxylic acids is 2. The Morgan fingerprint density at radius 1 is 1.35 bits per heavy atom. The summed E-state index contributed by atoms with van der Waals surface area (Å²) in [6, 6.07) is 2.80. The summed E-state index contributed by atoms with van der Waals surface area (Å²) in [5.41, 5.74) is 1.33. The highest BCUT2D eigenvalue weighted by atomic mass is 19.1. The SMILES string of the molecule is CC(O)C1CCN(C(=O)c2cc3c(cc2F)NC(=O)CC3)CC1. The molecule has 23 heavy (non-hydrogen) atoms. The van der Waals surface area contributed by atoms with E-state index in [4.69, 9.17) is 0 Å². The minimum atomic E-state index is -0.603. The van der Waals surface area contributed by atoms with Crippen molar-refractivity contribution in [2.75, 3.05) is 18.4 Å². The number of amides is 2. The van der Waals surface area contributed by atoms with Gasteiger partial charge in [-0.25, -0.2) is 4.39 Å². The largest absolute Gasteiger partial charge is 0.393 e. The van der Waals surface area contributed by atoms with Gasteiger partial charge < -0.3 is 15.3 Å². The number of fused-ring (bicyclic) bond motifs is 1. The lowest BCUT2D eigenvalue weighted by Gasteiger charge is -2.33. The van der Waals surface area contributed by atoms with Gasteiger partial charge in [0.05, 0.1) is 11.7 Å². The van der Waals surface area contributed by atoms with Gasteiger partial charge in [-0.15, -0.1) is 0 Å². The number of aliphatic hydroxyl groups is 1. The molecule has 2 aliphatic rings. The molecule has 0 aromatic heterocycles. The van der Waals surface area contributed by atoms with E-state index in [0.29, 0.717) is 31.6 Å². The molecule has 2 amide bonds. The molecular weight excluding hydrogens is 299 g/mol. The Morgan fingerprint density at radius 3 is 2.70 bits per heavy atom. The minimum Gasteiger partial charge on any atom is -0.393 e. The van der Waals surface area contributed by atoms with Crippen LogP contribution >= 0.6 is 0 Å². The molecule has 1 aromatic carbocycles. The molecular formula is C17H21FN2O3. The lowest BCUT2D eigenvalue weighted by Crippen LogP contribution is -2.41. The van der Waals surface area contributed by atoms with E-state index < -0.39 is 5.82 Å². The smallest absolute Gasteiger partial charge is 0.256 e. The van der Waals surface area contributed by atoms with E-state index in [2.05, 4.69) is 5.32 Å². The number of halogens is 1.